The van der Waals surface area contributed by atoms with E-state index in [-0.39, 0.29) is 18.0 Å². The van der Waals surface area contributed by atoms with Gasteiger partial charge in [0.05, 0.1) is 5.92 Å². The number of aryl methyl sites for hydroxylation is 1. The summed E-state index contributed by atoms with van der Waals surface area (Å²) >= 11 is 0. The van der Waals surface area contributed by atoms with Crippen LogP contribution < -0.4 is 0 Å². The Kier molecular flexibility index (Phi) is 7.68. The second-order valence-electron chi connectivity index (χ2n) is 5.56. The van der Waals surface area contributed by atoms with Crippen molar-refractivity contribution >= 4 is 11.9 Å². The minimum Gasteiger partial charge on any atom is -0.481 e. The van der Waals surface area contributed by atoms with E-state index in [2.05, 4.69) is 0 Å². The first-order valence-corrected chi connectivity index (χ1v) is 7.72. The number of ether oxygens (including phenoxy) is 1. The van der Waals surface area contributed by atoms with Crippen molar-refractivity contribution in [2.45, 2.75) is 27.2 Å². The molecule has 23 heavy (non-hydrogen) atoms. The minimum absolute atomic E-state index is 0.0792. The van der Waals surface area contributed by atoms with Gasteiger partial charge in [0.15, 0.2) is 0 Å². The molecule has 128 valence electrons. The molecule has 0 spiro atoms. The highest BCUT2D eigenvalue weighted by molar-refractivity contribution is 5.94. The van der Waals surface area contributed by atoms with Crippen LogP contribution in [0, 0.1) is 18.7 Å². The van der Waals surface area contributed by atoms with Gasteiger partial charge in [0, 0.05) is 31.9 Å². The third-order valence-corrected chi connectivity index (χ3v) is 3.41. The van der Waals surface area contributed by atoms with Crippen LogP contribution >= 0.6 is 0 Å². The van der Waals surface area contributed by atoms with Crippen molar-refractivity contribution < 1.29 is 23.8 Å². The van der Waals surface area contributed by atoms with Crippen LogP contribution in [0.15, 0.2) is 18.2 Å². The van der Waals surface area contributed by atoms with Crippen molar-refractivity contribution in [1.29, 1.82) is 0 Å². The number of hydrogen-bond acceptors (Lipinski definition) is 3. The number of nitrogens with zero attached hydrogens (tertiary/aromatic N) is 1. The number of rotatable bonds is 9. The summed E-state index contributed by atoms with van der Waals surface area (Å²) in [5, 5.41) is 9.06. The third-order valence-electron chi connectivity index (χ3n) is 3.41. The fraction of sp³-hybridized carbons (Fsp3) is 0.529. The molecule has 0 saturated heterocycles. The van der Waals surface area contributed by atoms with Gasteiger partial charge in [0.2, 0.25) is 0 Å². The van der Waals surface area contributed by atoms with Crippen LogP contribution in [0.2, 0.25) is 0 Å². The number of benzene rings is 1. The molecule has 0 aliphatic carbocycles. The fourth-order valence-corrected chi connectivity index (χ4v) is 2.23. The molecule has 1 N–H and O–H groups in total. The van der Waals surface area contributed by atoms with Gasteiger partial charge in [-0.2, -0.15) is 0 Å². The average molecular weight is 325 g/mol. The van der Waals surface area contributed by atoms with Gasteiger partial charge >= 0.3 is 5.97 Å². The maximum Gasteiger partial charge on any atom is 0.308 e. The zero-order chi connectivity index (χ0) is 17.4. The SMILES string of the molecule is CCOCCCN(CC(C)C(=O)O)C(=O)c1cc(C)cc(F)c1. The monoisotopic (exact) mass is 325 g/mol. The van der Waals surface area contributed by atoms with Gasteiger partial charge in [0.25, 0.3) is 5.91 Å². The zero-order valence-electron chi connectivity index (χ0n) is 13.8. The second-order valence-corrected chi connectivity index (χ2v) is 5.56. The molecule has 0 bridgehead atoms. The van der Waals surface area contributed by atoms with Gasteiger partial charge < -0.3 is 14.7 Å². The standard InChI is InChI=1S/C17H24FNO4/c1-4-23-7-5-6-19(11-13(3)17(21)22)16(20)14-8-12(2)9-15(18)10-14/h8-10,13H,4-7,11H2,1-3H3,(H,21,22). The molecule has 0 aliphatic rings. The Morgan fingerprint density at radius 3 is 2.61 bits per heavy atom. The lowest BCUT2D eigenvalue weighted by atomic mass is 10.1. The van der Waals surface area contributed by atoms with E-state index < -0.39 is 17.7 Å². The molecule has 1 amide bonds. The van der Waals surface area contributed by atoms with E-state index in [0.717, 1.165) is 0 Å². The molecule has 1 unspecified atom stereocenters. The highest BCUT2D eigenvalue weighted by Crippen LogP contribution is 2.13. The molecule has 5 nitrogen and oxygen atoms in total. The lowest BCUT2D eigenvalue weighted by molar-refractivity contribution is -0.141. The Morgan fingerprint density at radius 1 is 1.35 bits per heavy atom. The van der Waals surface area contributed by atoms with Crippen molar-refractivity contribution in [2.75, 3.05) is 26.3 Å². The van der Waals surface area contributed by atoms with Crippen LogP contribution in [0.1, 0.15) is 36.2 Å². The number of carbonyl (C=O) groups is 2. The Bertz CT molecular complexity index is 527. The van der Waals surface area contributed by atoms with Crippen LogP contribution in [-0.2, 0) is 9.53 Å². The van der Waals surface area contributed by atoms with Gasteiger partial charge in [-0.05, 0) is 44.0 Å². The van der Waals surface area contributed by atoms with Gasteiger partial charge in [-0.3, -0.25) is 9.59 Å². The van der Waals surface area contributed by atoms with Gasteiger partial charge in [-0.25, -0.2) is 4.39 Å². The van der Waals surface area contributed by atoms with Crippen molar-refractivity contribution in [3.8, 4) is 0 Å². The summed E-state index contributed by atoms with van der Waals surface area (Å²) in [7, 11) is 0. The van der Waals surface area contributed by atoms with Crippen LogP contribution in [0.25, 0.3) is 0 Å². The number of carboxylic acids is 1. The molecule has 1 aromatic carbocycles. The van der Waals surface area contributed by atoms with Gasteiger partial charge in [0.1, 0.15) is 5.82 Å². The predicted molar refractivity (Wildman–Crippen MR) is 85.0 cm³/mol. The Hall–Kier alpha value is -1.95. The summed E-state index contributed by atoms with van der Waals surface area (Å²) in [6, 6.07) is 4.12. The van der Waals surface area contributed by atoms with Crippen molar-refractivity contribution in [3.63, 3.8) is 0 Å². The van der Waals surface area contributed by atoms with E-state index >= 15 is 0 Å². The van der Waals surface area contributed by atoms with E-state index in [4.69, 9.17) is 9.84 Å². The Balaban J connectivity index is 2.87. The second kappa shape index (κ2) is 9.25. The predicted octanol–water partition coefficient (Wildman–Crippen LogP) is 2.72. The van der Waals surface area contributed by atoms with E-state index in [1.165, 1.54) is 17.0 Å². The summed E-state index contributed by atoms with van der Waals surface area (Å²) in [6.45, 7) is 6.65. The molecule has 1 aromatic rings. The van der Waals surface area contributed by atoms with Crippen molar-refractivity contribution in [3.05, 3.63) is 35.1 Å². The van der Waals surface area contributed by atoms with E-state index in [1.54, 1.807) is 19.9 Å². The quantitative estimate of drug-likeness (QED) is 0.709. The molecule has 6 heteroatoms. The Labute approximate surface area is 136 Å². The zero-order valence-corrected chi connectivity index (χ0v) is 13.8. The first kappa shape index (κ1) is 19.1. The number of aliphatic carboxylic acids is 1. The van der Waals surface area contributed by atoms with E-state index in [1.807, 2.05) is 6.92 Å². The van der Waals surface area contributed by atoms with Gasteiger partial charge in [-0.1, -0.05) is 6.92 Å². The summed E-state index contributed by atoms with van der Waals surface area (Å²) < 4.78 is 18.8. The van der Waals surface area contributed by atoms with Gasteiger partial charge in [-0.15, -0.1) is 0 Å². The lowest BCUT2D eigenvalue weighted by Gasteiger charge is -2.25. The summed E-state index contributed by atoms with van der Waals surface area (Å²) in [4.78, 5) is 25.1. The first-order chi connectivity index (χ1) is 10.8. The summed E-state index contributed by atoms with van der Waals surface area (Å²) in [6.07, 6.45) is 0.597. The molecule has 0 radical (unpaired) electrons. The fourth-order valence-electron chi connectivity index (χ4n) is 2.23. The molecular formula is C17H24FNO4. The highest BCUT2D eigenvalue weighted by atomic mass is 19.1. The molecule has 0 aliphatic heterocycles. The lowest BCUT2D eigenvalue weighted by Crippen LogP contribution is -2.38. The van der Waals surface area contributed by atoms with E-state index in [0.29, 0.717) is 31.7 Å². The normalized spacial score (nSPS) is 12.0. The van der Waals surface area contributed by atoms with Crippen molar-refractivity contribution in [1.82, 2.24) is 4.90 Å². The number of halogens is 1. The third kappa shape index (κ3) is 6.36. The molecule has 1 rings (SSSR count). The highest BCUT2D eigenvalue weighted by Gasteiger charge is 2.22. The van der Waals surface area contributed by atoms with Crippen LogP contribution in [-0.4, -0.2) is 48.2 Å². The van der Waals surface area contributed by atoms with Crippen LogP contribution in [0.4, 0.5) is 4.39 Å². The Morgan fingerprint density at radius 2 is 2.04 bits per heavy atom. The largest absolute Gasteiger partial charge is 0.481 e. The molecule has 1 atom stereocenters. The average Bonchev–Trinajstić information content (AvgIpc) is 2.48. The molecule has 0 heterocycles. The topological polar surface area (TPSA) is 66.8 Å². The maximum atomic E-state index is 13.5. The number of hydrogen-bond donors (Lipinski definition) is 1. The minimum atomic E-state index is -0.969. The van der Waals surface area contributed by atoms with Crippen LogP contribution in [0.3, 0.4) is 0 Å². The molecule has 0 saturated carbocycles. The summed E-state index contributed by atoms with van der Waals surface area (Å²) in [5.41, 5.74) is 0.880. The number of amides is 1. The first-order valence-electron chi connectivity index (χ1n) is 7.72. The summed E-state index contributed by atoms with van der Waals surface area (Å²) in [5.74, 6) is -2.50. The number of carboxylic acid groups (broad SMARTS) is 1. The van der Waals surface area contributed by atoms with E-state index in [9.17, 15) is 14.0 Å². The molecule has 0 fully saturated rings. The smallest absolute Gasteiger partial charge is 0.308 e. The molecular weight excluding hydrogens is 301 g/mol. The maximum absolute atomic E-state index is 13.5. The molecule has 0 aromatic heterocycles. The number of carbonyl (C=O) groups excluding carboxylic acids is 1. The van der Waals surface area contributed by atoms with Crippen molar-refractivity contribution in [2.24, 2.45) is 5.92 Å². The van der Waals surface area contributed by atoms with Crippen LogP contribution in [0.5, 0.6) is 0 Å².